The highest BCUT2D eigenvalue weighted by Crippen LogP contribution is 2.23. The molecule has 0 amide bonds. The van der Waals surface area contributed by atoms with Gasteiger partial charge in [0.25, 0.3) is 0 Å². The Morgan fingerprint density at radius 1 is 1.12 bits per heavy atom. The number of piperazine rings is 1. The number of likely N-dealkylation sites (N-methyl/N-ethyl adjacent to an activating group) is 1. The fourth-order valence-electron chi connectivity index (χ4n) is 1.84. The first-order valence-electron chi connectivity index (χ1n) is 5.53. The maximum Gasteiger partial charge on any atom is 0.0702 e. The molecule has 0 aliphatic carbocycles. The normalized spacial score (nSPS) is 17.4. The van der Waals surface area contributed by atoms with Gasteiger partial charge in [-0.1, -0.05) is 0 Å². The first-order chi connectivity index (χ1) is 8.29. The summed E-state index contributed by atoms with van der Waals surface area (Å²) in [6, 6.07) is 8.18. The summed E-state index contributed by atoms with van der Waals surface area (Å²) in [5.41, 5.74) is 1.25. The van der Waals surface area contributed by atoms with Crippen molar-refractivity contribution in [1.82, 2.24) is 4.90 Å². The second-order valence-corrected chi connectivity index (χ2v) is 4.81. The first kappa shape index (κ1) is 12.7. The Labute approximate surface area is 106 Å². The van der Waals surface area contributed by atoms with Gasteiger partial charge in [-0.25, -0.2) is 0 Å². The number of hydrogen-bond donors (Lipinski definition) is 1. The van der Waals surface area contributed by atoms with Crippen LogP contribution in [0.2, 0.25) is 0 Å². The minimum atomic E-state index is 0.966. The van der Waals surface area contributed by atoms with Crippen LogP contribution in [0.1, 0.15) is 0 Å². The van der Waals surface area contributed by atoms with Crippen LogP contribution in [0.25, 0.3) is 0 Å². The summed E-state index contributed by atoms with van der Waals surface area (Å²) < 4.78 is 4.59. The zero-order chi connectivity index (χ0) is 12.1. The molecule has 2 N–H and O–H groups in total. The van der Waals surface area contributed by atoms with E-state index in [9.17, 15) is 0 Å². The summed E-state index contributed by atoms with van der Waals surface area (Å²) in [6.07, 6.45) is 0. The average Bonchev–Trinajstić information content (AvgIpc) is 2.38. The molecule has 0 spiro atoms. The molecule has 1 fully saturated rings. The van der Waals surface area contributed by atoms with Crippen molar-refractivity contribution in [2.24, 2.45) is 5.90 Å². The largest absolute Gasteiger partial charge is 0.369 e. The lowest BCUT2D eigenvalue weighted by molar-refractivity contribution is -0.195. The fourth-order valence-corrected chi connectivity index (χ4v) is 2.20. The van der Waals surface area contributed by atoms with E-state index >= 15 is 0 Å². The van der Waals surface area contributed by atoms with Gasteiger partial charge in [-0.2, -0.15) is 5.90 Å². The van der Waals surface area contributed by atoms with Crippen molar-refractivity contribution in [2.45, 2.75) is 4.90 Å². The van der Waals surface area contributed by atoms with Crippen LogP contribution in [-0.2, 0) is 9.32 Å². The minimum Gasteiger partial charge on any atom is -0.369 e. The van der Waals surface area contributed by atoms with Crippen LogP contribution in [0.4, 0.5) is 5.69 Å². The molecule has 1 aliphatic rings. The van der Waals surface area contributed by atoms with E-state index in [1.807, 2.05) is 12.1 Å². The van der Waals surface area contributed by atoms with Crippen LogP contribution in [0.5, 0.6) is 0 Å². The molecule has 6 heteroatoms. The van der Waals surface area contributed by atoms with Crippen molar-refractivity contribution in [3.63, 3.8) is 0 Å². The highest BCUT2D eigenvalue weighted by molar-refractivity contribution is 7.94. The summed E-state index contributed by atoms with van der Waals surface area (Å²) in [7, 11) is 2.15. The van der Waals surface area contributed by atoms with E-state index < -0.39 is 0 Å². The number of anilines is 1. The predicted molar refractivity (Wildman–Crippen MR) is 68.4 cm³/mol. The van der Waals surface area contributed by atoms with Crippen LogP contribution >= 0.6 is 12.0 Å². The molecule has 0 aromatic heterocycles. The van der Waals surface area contributed by atoms with Crippen molar-refractivity contribution < 1.29 is 9.32 Å². The molecule has 1 aromatic carbocycles. The third-order valence-electron chi connectivity index (χ3n) is 2.87. The molecule has 0 atom stereocenters. The van der Waals surface area contributed by atoms with Gasteiger partial charge >= 0.3 is 0 Å². The van der Waals surface area contributed by atoms with Gasteiger partial charge in [0.15, 0.2) is 0 Å². The van der Waals surface area contributed by atoms with Crippen LogP contribution < -0.4 is 10.8 Å². The average molecular weight is 255 g/mol. The monoisotopic (exact) mass is 255 g/mol. The Morgan fingerprint density at radius 3 is 2.35 bits per heavy atom. The molecule has 2 rings (SSSR count). The molecule has 1 aliphatic heterocycles. The molecular weight excluding hydrogens is 238 g/mol. The van der Waals surface area contributed by atoms with Gasteiger partial charge in [-0.05, 0) is 31.3 Å². The summed E-state index contributed by atoms with van der Waals surface area (Å²) in [5, 5.41) is 0. The van der Waals surface area contributed by atoms with Crippen molar-refractivity contribution in [2.75, 3.05) is 38.1 Å². The van der Waals surface area contributed by atoms with Gasteiger partial charge in [0, 0.05) is 36.8 Å². The Morgan fingerprint density at radius 2 is 1.76 bits per heavy atom. The van der Waals surface area contributed by atoms with Gasteiger partial charge in [0.05, 0.1) is 12.0 Å². The van der Waals surface area contributed by atoms with Crippen molar-refractivity contribution >= 4 is 17.7 Å². The lowest BCUT2D eigenvalue weighted by Gasteiger charge is -2.34. The summed E-state index contributed by atoms with van der Waals surface area (Å²) >= 11 is 1.10. The Bertz CT molecular complexity index is 339. The molecule has 17 heavy (non-hydrogen) atoms. The molecule has 94 valence electrons. The SMILES string of the molecule is CN1CCN(c2ccc(SOON)cc2)CC1. The standard InChI is InChI=1S/C11H17N3O2S/c1-13-6-8-14(9-7-13)10-2-4-11(5-3-10)17-16-15-12/h2-5H,6-9,12H2,1H3. The van der Waals surface area contributed by atoms with E-state index in [2.05, 4.69) is 38.3 Å². The van der Waals surface area contributed by atoms with Gasteiger partial charge in [0.1, 0.15) is 0 Å². The second-order valence-electron chi connectivity index (χ2n) is 4.03. The molecule has 0 radical (unpaired) electrons. The maximum atomic E-state index is 4.78. The molecule has 1 saturated heterocycles. The summed E-state index contributed by atoms with van der Waals surface area (Å²) in [4.78, 5) is 9.74. The topological polar surface area (TPSA) is 51.0 Å². The van der Waals surface area contributed by atoms with Crippen LogP contribution in [-0.4, -0.2) is 38.1 Å². The van der Waals surface area contributed by atoms with Crippen molar-refractivity contribution in [3.05, 3.63) is 24.3 Å². The van der Waals surface area contributed by atoms with E-state index in [1.165, 1.54) is 5.69 Å². The van der Waals surface area contributed by atoms with Gasteiger partial charge in [-0.15, -0.1) is 9.32 Å². The first-order valence-corrected chi connectivity index (χ1v) is 6.27. The quantitative estimate of drug-likeness (QED) is 0.497. The lowest BCUT2D eigenvalue weighted by atomic mass is 10.2. The molecule has 0 bridgehead atoms. The van der Waals surface area contributed by atoms with E-state index in [0.29, 0.717) is 0 Å². The number of rotatable bonds is 4. The van der Waals surface area contributed by atoms with Crippen LogP contribution in [0.3, 0.4) is 0 Å². The van der Waals surface area contributed by atoms with Crippen LogP contribution in [0, 0.1) is 0 Å². The highest BCUT2D eigenvalue weighted by atomic mass is 32.2. The number of nitrogens with zero attached hydrogens (tertiary/aromatic N) is 2. The predicted octanol–water partition coefficient (Wildman–Crippen LogP) is 1.27. The molecule has 5 nitrogen and oxygen atoms in total. The van der Waals surface area contributed by atoms with E-state index in [-0.39, 0.29) is 0 Å². The minimum absolute atomic E-state index is 0.966. The highest BCUT2D eigenvalue weighted by Gasteiger charge is 2.13. The van der Waals surface area contributed by atoms with E-state index in [1.54, 1.807) is 0 Å². The Hall–Kier alpha value is -0.790. The fraction of sp³-hybridized carbons (Fsp3) is 0.455. The van der Waals surface area contributed by atoms with Crippen LogP contribution in [0.15, 0.2) is 29.2 Å². The zero-order valence-electron chi connectivity index (χ0n) is 9.83. The van der Waals surface area contributed by atoms with Crippen molar-refractivity contribution in [1.29, 1.82) is 0 Å². The number of hydrogen-bond acceptors (Lipinski definition) is 6. The summed E-state index contributed by atoms with van der Waals surface area (Å²) in [5.74, 6) is 4.78. The maximum absolute atomic E-state index is 4.78. The van der Waals surface area contributed by atoms with Crippen molar-refractivity contribution in [3.8, 4) is 0 Å². The molecule has 1 aromatic rings. The lowest BCUT2D eigenvalue weighted by Crippen LogP contribution is -2.44. The molecule has 0 unspecified atom stereocenters. The smallest absolute Gasteiger partial charge is 0.0702 e. The number of nitrogens with two attached hydrogens (primary N) is 1. The van der Waals surface area contributed by atoms with Gasteiger partial charge < -0.3 is 9.80 Å². The van der Waals surface area contributed by atoms with E-state index in [0.717, 1.165) is 43.1 Å². The molecular formula is C11H17N3O2S. The third-order valence-corrected chi connectivity index (χ3v) is 3.49. The zero-order valence-corrected chi connectivity index (χ0v) is 10.7. The molecule has 0 saturated carbocycles. The Kier molecular flexibility index (Phi) is 4.64. The Balaban J connectivity index is 1.93. The molecule has 1 heterocycles. The summed E-state index contributed by atoms with van der Waals surface area (Å²) in [6.45, 7) is 4.37. The number of benzene rings is 1. The van der Waals surface area contributed by atoms with Gasteiger partial charge in [0.2, 0.25) is 0 Å². The van der Waals surface area contributed by atoms with Gasteiger partial charge in [-0.3, -0.25) is 0 Å². The third kappa shape index (κ3) is 3.58. The van der Waals surface area contributed by atoms with E-state index in [4.69, 9.17) is 5.90 Å². The second kappa shape index (κ2) is 6.23.